The molecule has 0 aromatic heterocycles. The molecule has 188 valence electrons. The molecule has 1 fully saturated rings. The number of esters is 1. The summed E-state index contributed by atoms with van der Waals surface area (Å²) < 4.78 is 5.44. The third-order valence-corrected chi connectivity index (χ3v) is 9.60. The van der Waals surface area contributed by atoms with Crippen molar-refractivity contribution in [1.29, 1.82) is 0 Å². The molecule has 0 saturated carbocycles. The summed E-state index contributed by atoms with van der Waals surface area (Å²) >= 11 is 26.9. The molecule has 0 spiro atoms. The molecule has 4 aliphatic rings. The lowest BCUT2D eigenvalue weighted by Gasteiger charge is -2.54. The fourth-order valence-electron chi connectivity index (χ4n) is 6.08. The second-order valence-electron chi connectivity index (χ2n) is 9.54. The van der Waals surface area contributed by atoms with Crippen LogP contribution < -0.4 is 0 Å². The van der Waals surface area contributed by atoms with Crippen LogP contribution >= 0.6 is 46.4 Å². The third kappa shape index (κ3) is 3.21. The van der Waals surface area contributed by atoms with Crippen LogP contribution in [0.3, 0.4) is 0 Å². The Bertz CT molecular complexity index is 1380. The molecule has 9 heteroatoms. The van der Waals surface area contributed by atoms with E-state index in [2.05, 4.69) is 0 Å². The quantitative estimate of drug-likeness (QED) is 0.217. The van der Waals surface area contributed by atoms with Gasteiger partial charge in [0.25, 0.3) is 0 Å². The van der Waals surface area contributed by atoms with Crippen molar-refractivity contribution < 1.29 is 19.1 Å². The average molecular weight is 575 g/mol. The van der Waals surface area contributed by atoms with Crippen molar-refractivity contribution >= 4 is 64.2 Å². The minimum atomic E-state index is -1.31. The molecule has 37 heavy (non-hydrogen) atoms. The zero-order chi connectivity index (χ0) is 26.3. The molecule has 3 atom stereocenters. The van der Waals surface area contributed by atoms with E-state index >= 15 is 0 Å². The lowest BCUT2D eigenvalue weighted by atomic mass is 9.54. The van der Waals surface area contributed by atoms with Crippen LogP contribution in [0.25, 0.3) is 0 Å². The van der Waals surface area contributed by atoms with E-state index in [1.54, 1.807) is 18.2 Å². The van der Waals surface area contributed by atoms with Crippen molar-refractivity contribution in [3.05, 3.63) is 105 Å². The van der Waals surface area contributed by atoms with Crippen LogP contribution in [0.15, 0.2) is 66.7 Å². The van der Waals surface area contributed by atoms with Gasteiger partial charge in [0.2, 0.25) is 11.8 Å². The Labute approximate surface area is 233 Å². The van der Waals surface area contributed by atoms with Gasteiger partial charge in [0.15, 0.2) is 0 Å². The largest absolute Gasteiger partial charge is 0.459 e. The monoisotopic (exact) mass is 573 g/mol. The predicted molar refractivity (Wildman–Crippen MR) is 141 cm³/mol. The van der Waals surface area contributed by atoms with Crippen LogP contribution in [0.2, 0.25) is 10.0 Å². The summed E-state index contributed by atoms with van der Waals surface area (Å²) in [6.07, 6.45) is 0. The molecule has 5 nitrogen and oxygen atoms in total. The molecule has 0 N–H and O–H groups in total. The van der Waals surface area contributed by atoms with Gasteiger partial charge < -0.3 is 4.74 Å². The van der Waals surface area contributed by atoms with Crippen molar-refractivity contribution in [2.75, 3.05) is 0 Å². The molecule has 2 bridgehead atoms. The molecule has 1 aliphatic heterocycles. The Hall–Kier alpha value is -2.57. The molecule has 1 saturated heterocycles. The van der Waals surface area contributed by atoms with Crippen LogP contribution in [0, 0.1) is 11.8 Å². The molecular weight excluding hydrogens is 556 g/mol. The molecular formula is C28H19Cl4NO4. The zero-order valence-corrected chi connectivity index (χ0v) is 22.4. The molecule has 3 aromatic carbocycles. The second-order valence-corrected chi connectivity index (χ2v) is 11.6. The van der Waals surface area contributed by atoms with Gasteiger partial charge in [0, 0.05) is 15.6 Å². The fourth-order valence-corrected chi connectivity index (χ4v) is 7.64. The lowest BCUT2D eigenvalue weighted by molar-refractivity contribution is -0.159. The number of hydrogen-bond donors (Lipinski definition) is 0. The number of benzene rings is 3. The summed E-state index contributed by atoms with van der Waals surface area (Å²) in [6.45, 7) is 1.32. The number of alkyl halides is 2. The number of imide groups is 1. The second kappa shape index (κ2) is 8.47. The number of halogens is 4. The minimum absolute atomic E-state index is 0.141. The third-order valence-electron chi connectivity index (χ3n) is 7.73. The maximum Gasteiger partial charge on any atom is 0.329 e. The van der Waals surface area contributed by atoms with Crippen molar-refractivity contribution in [2.45, 2.75) is 29.3 Å². The number of ether oxygens (including phenoxy) is 1. The topological polar surface area (TPSA) is 63.7 Å². The first-order chi connectivity index (χ1) is 17.6. The van der Waals surface area contributed by atoms with Gasteiger partial charge in [0.1, 0.15) is 22.4 Å². The van der Waals surface area contributed by atoms with Gasteiger partial charge in [-0.1, -0.05) is 77.8 Å². The number of nitrogens with zero attached hydrogens (tertiary/aromatic N) is 1. The van der Waals surface area contributed by atoms with Crippen molar-refractivity contribution in [3.8, 4) is 0 Å². The maximum absolute atomic E-state index is 13.9. The molecule has 0 unspecified atom stereocenters. The SMILES string of the molecule is C[C@H](C(=O)OCc1ccc(Cl)cc1Cl)N1C(=O)[C@@H]2[C@H](C1=O)C1(Cl)c3ccccc3C2(Cl)c2ccccc21. The van der Waals surface area contributed by atoms with Gasteiger partial charge in [-0.15, -0.1) is 23.2 Å². The number of carbonyl (C=O) groups excluding carboxylic acids is 3. The first kappa shape index (κ1) is 24.7. The standard InChI is InChI=1S/C28H19Cl4NO4/c1-14(26(36)37-13-15-10-11-16(29)12-21(15)30)33-24(34)22-23(25(33)35)28(32)18-7-3-2-6-17(18)27(22,31)19-8-4-5-9-20(19)28/h2-12,14,22-23H,13H2,1H3/t14-,22-,23+,27?,28?/m1/s1. The summed E-state index contributed by atoms with van der Waals surface area (Å²) in [5.74, 6) is -3.81. The first-order valence-electron chi connectivity index (χ1n) is 11.7. The van der Waals surface area contributed by atoms with Crippen molar-refractivity contribution in [1.82, 2.24) is 4.90 Å². The van der Waals surface area contributed by atoms with Gasteiger partial charge in [-0.25, -0.2) is 4.79 Å². The van der Waals surface area contributed by atoms with E-state index in [0.29, 0.717) is 37.9 Å². The normalized spacial score (nSPS) is 28.0. The van der Waals surface area contributed by atoms with E-state index in [4.69, 9.17) is 51.1 Å². The highest BCUT2D eigenvalue weighted by atomic mass is 35.5. The summed E-state index contributed by atoms with van der Waals surface area (Å²) in [7, 11) is 0. The van der Waals surface area contributed by atoms with Crippen LogP contribution in [-0.4, -0.2) is 28.7 Å². The Balaban J connectivity index is 1.37. The Morgan fingerprint density at radius 3 is 1.76 bits per heavy atom. The number of hydrogen-bond acceptors (Lipinski definition) is 4. The van der Waals surface area contributed by atoms with Gasteiger partial charge in [-0.05, 0) is 41.3 Å². The highest BCUT2D eigenvalue weighted by molar-refractivity contribution is 6.36. The summed E-state index contributed by atoms with van der Waals surface area (Å²) in [5.41, 5.74) is 3.33. The predicted octanol–water partition coefficient (Wildman–Crippen LogP) is 6.02. The molecule has 3 aliphatic carbocycles. The van der Waals surface area contributed by atoms with Crippen LogP contribution in [0.4, 0.5) is 0 Å². The summed E-state index contributed by atoms with van der Waals surface area (Å²) in [4.78, 5) is 39.3. The number of rotatable bonds is 4. The fraction of sp³-hybridized carbons (Fsp3) is 0.250. The van der Waals surface area contributed by atoms with Crippen molar-refractivity contribution in [3.63, 3.8) is 0 Å². The summed E-state index contributed by atoms with van der Waals surface area (Å²) in [6, 6.07) is 18.3. The van der Waals surface area contributed by atoms with Gasteiger partial charge >= 0.3 is 5.97 Å². The molecule has 3 aromatic rings. The van der Waals surface area contributed by atoms with Gasteiger partial charge in [-0.2, -0.15) is 0 Å². The smallest absolute Gasteiger partial charge is 0.329 e. The molecule has 2 amide bonds. The Kier molecular flexibility index (Phi) is 5.67. The van der Waals surface area contributed by atoms with Crippen LogP contribution in [0.5, 0.6) is 0 Å². The van der Waals surface area contributed by atoms with Crippen molar-refractivity contribution in [2.24, 2.45) is 11.8 Å². The van der Waals surface area contributed by atoms with E-state index < -0.39 is 45.4 Å². The molecule has 7 rings (SSSR count). The van der Waals surface area contributed by atoms with E-state index in [1.165, 1.54) is 6.92 Å². The van der Waals surface area contributed by atoms with E-state index in [-0.39, 0.29) is 6.61 Å². The first-order valence-corrected chi connectivity index (χ1v) is 13.2. The zero-order valence-electron chi connectivity index (χ0n) is 19.4. The Morgan fingerprint density at radius 2 is 1.32 bits per heavy atom. The van der Waals surface area contributed by atoms with E-state index in [9.17, 15) is 14.4 Å². The van der Waals surface area contributed by atoms with E-state index in [1.807, 2.05) is 48.5 Å². The van der Waals surface area contributed by atoms with Gasteiger partial charge in [-0.3, -0.25) is 14.5 Å². The number of amides is 2. The number of likely N-dealkylation sites (tertiary alicyclic amines) is 1. The lowest BCUT2D eigenvalue weighted by Crippen LogP contribution is -2.57. The molecule has 1 heterocycles. The molecule has 0 radical (unpaired) electrons. The van der Waals surface area contributed by atoms with Crippen LogP contribution in [-0.2, 0) is 35.5 Å². The highest BCUT2D eigenvalue weighted by Crippen LogP contribution is 2.69. The maximum atomic E-state index is 13.9. The minimum Gasteiger partial charge on any atom is -0.459 e. The van der Waals surface area contributed by atoms with Gasteiger partial charge in [0.05, 0.1) is 11.8 Å². The average Bonchev–Trinajstić information content (AvgIpc) is 3.17. The van der Waals surface area contributed by atoms with Crippen LogP contribution in [0.1, 0.15) is 34.7 Å². The highest BCUT2D eigenvalue weighted by Gasteiger charge is 2.73. The summed E-state index contributed by atoms with van der Waals surface area (Å²) in [5, 5.41) is 0.790. The number of carbonyl (C=O) groups is 3. The Morgan fingerprint density at radius 1 is 0.865 bits per heavy atom. The van der Waals surface area contributed by atoms with E-state index in [0.717, 1.165) is 4.90 Å².